The number of aliphatic imine (C=N–C) groups is 1. The Labute approximate surface area is 183 Å². The SMILES string of the molecule is CCOC(=O)OC(C)OC(=Nc1nnnn1CC)c1ccc(C)[c-]c1C.[Y]. The van der Waals surface area contributed by atoms with E-state index in [0.29, 0.717) is 12.1 Å². The minimum Gasteiger partial charge on any atom is -0.448 e. The van der Waals surface area contributed by atoms with Crippen LogP contribution in [-0.2, 0) is 53.5 Å². The second kappa shape index (κ2) is 11.1. The molecule has 1 aromatic carbocycles. The maximum atomic E-state index is 11.5. The maximum Gasteiger partial charge on any atom is 0.511 e. The average Bonchev–Trinajstić information content (AvgIpc) is 3.01. The van der Waals surface area contributed by atoms with E-state index >= 15 is 0 Å². The Hall–Kier alpha value is -1.87. The first-order valence-corrected chi connectivity index (χ1v) is 8.29. The van der Waals surface area contributed by atoms with Gasteiger partial charge in [0.15, 0.2) is 5.90 Å². The summed E-state index contributed by atoms with van der Waals surface area (Å²) >= 11 is 0. The van der Waals surface area contributed by atoms with E-state index in [2.05, 4.69) is 26.6 Å². The molecule has 0 bridgehead atoms. The molecule has 0 aliphatic carbocycles. The van der Waals surface area contributed by atoms with E-state index in [-0.39, 0.29) is 51.2 Å². The van der Waals surface area contributed by atoms with Crippen molar-refractivity contribution in [1.29, 1.82) is 0 Å². The summed E-state index contributed by atoms with van der Waals surface area (Å²) in [5.41, 5.74) is 2.52. The van der Waals surface area contributed by atoms with Gasteiger partial charge in [0.1, 0.15) is 0 Å². The molecule has 1 heterocycles. The standard InChI is InChI=1S/C17H22N5O4.Y/c1-6-22-16(19-20-21-22)18-15(14-9-8-11(3)10-12(14)4)25-13(5)26-17(23)24-7-2;/h8-9,13H,6-7H2,1-5H3;/q-1;. The number of aryl methyl sites for hydroxylation is 3. The normalized spacial score (nSPS) is 12.1. The molecule has 0 fully saturated rings. The Balaban J connectivity index is 0.00000364. The van der Waals surface area contributed by atoms with Crippen molar-refractivity contribution in [2.24, 2.45) is 4.99 Å². The molecule has 143 valence electrons. The van der Waals surface area contributed by atoms with Gasteiger partial charge in [-0.2, -0.15) is 34.3 Å². The van der Waals surface area contributed by atoms with Crippen LogP contribution in [0.1, 0.15) is 37.5 Å². The molecule has 0 N–H and O–H groups in total. The maximum absolute atomic E-state index is 11.5. The summed E-state index contributed by atoms with van der Waals surface area (Å²) in [5.74, 6) is 0.505. The second-order valence-corrected chi connectivity index (χ2v) is 5.38. The number of rotatable bonds is 6. The molecular weight excluding hydrogens is 427 g/mol. The third kappa shape index (κ3) is 6.66. The van der Waals surface area contributed by atoms with E-state index in [1.54, 1.807) is 13.8 Å². The smallest absolute Gasteiger partial charge is 0.448 e. The van der Waals surface area contributed by atoms with E-state index in [4.69, 9.17) is 14.2 Å². The topological polar surface area (TPSA) is 101 Å². The van der Waals surface area contributed by atoms with Gasteiger partial charge in [-0.25, -0.2) is 9.48 Å². The summed E-state index contributed by atoms with van der Waals surface area (Å²) in [4.78, 5) is 15.9. The Morgan fingerprint density at radius 3 is 2.67 bits per heavy atom. The van der Waals surface area contributed by atoms with Crippen molar-refractivity contribution in [3.63, 3.8) is 0 Å². The van der Waals surface area contributed by atoms with Gasteiger partial charge >= 0.3 is 6.16 Å². The summed E-state index contributed by atoms with van der Waals surface area (Å²) in [7, 11) is 0. The zero-order valence-corrected chi connectivity index (χ0v) is 18.9. The molecule has 1 radical (unpaired) electrons. The quantitative estimate of drug-likeness (QED) is 0.220. The predicted molar refractivity (Wildman–Crippen MR) is 93.1 cm³/mol. The molecule has 1 atom stereocenters. The third-order valence-electron chi connectivity index (χ3n) is 3.34. The number of aromatic nitrogens is 4. The molecule has 27 heavy (non-hydrogen) atoms. The van der Waals surface area contributed by atoms with E-state index in [9.17, 15) is 4.79 Å². The second-order valence-electron chi connectivity index (χ2n) is 5.38. The number of benzene rings is 1. The molecule has 9 nitrogen and oxygen atoms in total. The van der Waals surface area contributed by atoms with Crippen LogP contribution in [0.4, 0.5) is 10.7 Å². The molecular formula is C17H22N5O4Y-. The van der Waals surface area contributed by atoms with Crippen molar-refractivity contribution in [1.82, 2.24) is 20.2 Å². The third-order valence-corrected chi connectivity index (χ3v) is 3.34. The molecule has 0 saturated heterocycles. The minimum absolute atomic E-state index is 0. The van der Waals surface area contributed by atoms with Gasteiger partial charge in [-0.15, -0.1) is 0 Å². The van der Waals surface area contributed by atoms with Crippen molar-refractivity contribution in [3.05, 3.63) is 34.9 Å². The van der Waals surface area contributed by atoms with E-state index < -0.39 is 12.4 Å². The van der Waals surface area contributed by atoms with Crippen LogP contribution in [0.2, 0.25) is 0 Å². The summed E-state index contributed by atoms with van der Waals surface area (Å²) in [6.07, 6.45) is -1.73. The minimum atomic E-state index is -0.917. The summed E-state index contributed by atoms with van der Waals surface area (Å²) in [5, 5.41) is 11.4. The molecule has 0 saturated carbocycles. The Morgan fingerprint density at radius 2 is 2.04 bits per heavy atom. The number of carbonyl (C=O) groups is 1. The zero-order valence-electron chi connectivity index (χ0n) is 16.1. The van der Waals surface area contributed by atoms with Gasteiger partial charge in [-0.05, 0) is 24.3 Å². The Bertz CT molecular complexity index is 793. The largest absolute Gasteiger partial charge is 0.511 e. The number of carbonyl (C=O) groups excluding carboxylic acids is 1. The number of hydrogen-bond acceptors (Lipinski definition) is 8. The summed E-state index contributed by atoms with van der Waals surface area (Å²) in [6.45, 7) is 9.75. The number of nitrogens with zero attached hydrogens (tertiary/aromatic N) is 5. The zero-order chi connectivity index (χ0) is 19.1. The Morgan fingerprint density at radius 1 is 1.30 bits per heavy atom. The fourth-order valence-electron chi connectivity index (χ4n) is 2.16. The van der Waals surface area contributed by atoms with Gasteiger partial charge in [0.25, 0.3) is 5.95 Å². The molecule has 10 heteroatoms. The van der Waals surface area contributed by atoms with Gasteiger partial charge in [0.05, 0.1) is 6.61 Å². The van der Waals surface area contributed by atoms with Crippen molar-refractivity contribution >= 4 is 18.0 Å². The van der Waals surface area contributed by atoms with Crippen LogP contribution in [0.25, 0.3) is 0 Å². The van der Waals surface area contributed by atoms with Crippen molar-refractivity contribution in [3.8, 4) is 0 Å². The van der Waals surface area contributed by atoms with Crippen LogP contribution in [0, 0.1) is 19.9 Å². The molecule has 2 aromatic rings. The van der Waals surface area contributed by atoms with E-state index in [1.807, 2.05) is 32.9 Å². The first-order valence-electron chi connectivity index (χ1n) is 8.29. The fraction of sp³-hybridized carbons (Fsp3) is 0.471. The molecule has 0 amide bonds. The van der Waals surface area contributed by atoms with Crippen LogP contribution in [0.15, 0.2) is 17.1 Å². The molecule has 2 rings (SSSR count). The van der Waals surface area contributed by atoms with Crippen molar-refractivity contribution < 1.29 is 51.7 Å². The number of tetrazole rings is 1. The van der Waals surface area contributed by atoms with Gasteiger partial charge in [0, 0.05) is 46.2 Å². The van der Waals surface area contributed by atoms with Crippen molar-refractivity contribution in [2.45, 2.75) is 47.5 Å². The van der Waals surface area contributed by atoms with Gasteiger partial charge < -0.3 is 14.2 Å². The summed E-state index contributed by atoms with van der Waals surface area (Å²) in [6, 6.07) is 6.96. The van der Waals surface area contributed by atoms with Gasteiger partial charge in [-0.1, -0.05) is 24.5 Å². The monoisotopic (exact) mass is 449 g/mol. The van der Waals surface area contributed by atoms with Crippen LogP contribution in [0.3, 0.4) is 0 Å². The van der Waals surface area contributed by atoms with Crippen LogP contribution < -0.4 is 0 Å². The van der Waals surface area contributed by atoms with Crippen LogP contribution in [-0.4, -0.2) is 45.2 Å². The average molecular weight is 449 g/mol. The molecule has 0 aliphatic heterocycles. The molecule has 1 unspecified atom stereocenters. The van der Waals surface area contributed by atoms with E-state index in [1.165, 1.54) is 4.68 Å². The van der Waals surface area contributed by atoms with Crippen LogP contribution >= 0.6 is 0 Å². The molecule has 0 aliphatic rings. The number of hydrogen-bond donors (Lipinski definition) is 0. The van der Waals surface area contributed by atoms with Crippen LogP contribution in [0.5, 0.6) is 0 Å². The number of ether oxygens (including phenoxy) is 3. The first-order chi connectivity index (χ1) is 12.4. The van der Waals surface area contributed by atoms with Crippen molar-refractivity contribution in [2.75, 3.05) is 6.61 Å². The molecule has 0 spiro atoms. The molecule has 1 aromatic heterocycles. The van der Waals surface area contributed by atoms with Gasteiger partial charge in [-0.3, -0.25) is 0 Å². The van der Waals surface area contributed by atoms with Gasteiger partial charge in [0.2, 0.25) is 6.29 Å². The first kappa shape index (κ1) is 23.2. The predicted octanol–water partition coefficient (Wildman–Crippen LogP) is 2.72. The van der Waals surface area contributed by atoms with E-state index in [0.717, 1.165) is 11.1 Å². The fourth-order valence-corrected chi connectivity index (χ4v) is 2.16. The summed E-state index contributed by atoms with van der Waals surface area (Å²) < 4.78 is 17.1. The Kier molecular flexibility index (Phi) is 9.51.